The van der Waals surface area contributed by atoms with E-state index in [2.05, 4.69) is 12.1 Å². The van der Waals surface area contributed by atoms with Crippen molar-refractivity contribution in [2.75, 3.05) is 61.2 Å². The third-order valence-corrected chi connectivity index (χ3v) is 10.4. The smallest absolute Gasteiger partial charge is 0.311 e. The van der Waals surface area contributed by atoms with Crippen molar-refractivity contribution in [2.24, 2.45) is 9.98 Å². The molecule has 0 aromatic heterocycles. The normalized spacial score (nSPS) is 11.3. The number of benzene rings is 7. The van der Waals surface area contributed by atoms with Crippen molar-refractivity contribution in [2.45, 2.75) is 19.8 Å². The monoisotopic (exact) mass is 874 g/mol. The fraction of sp³-hybridized carbons (Fsp3) is 0.185. The molecule has 7 rings (SSSR count). The highest BCUT2D eigenvalue weighted by Gasteiger charge is 2.31. The molecule has 0 amide bonds. The Morgan fingerprint density at radius 2 is 0.815 bits per heavy atom. The quantitative estimate of drug-likeness (QED) is 0.0531. The van der Waals surface area contributed by atoms with Gasteiger partial charge < -0.3 is 44.6 Å². The predicted molar refractivity (Wildman–Crippen MR) is 264 cm³/mol. The van der Waals surface area contributed by atoms with Gasteiger partial charge in [0.25, 0.3) is 0 Å². The molecule has 0 bridgehead atoms. The first kappa shape index (κ1) is 48.6. The van der Waals surface area contributed by atoms with Crippen molar-refractivity contribution in [3.63, 3.8) is 0 Å². The third kappa shape index (κ3) is 12.6. The van der Waals surface area contributed by atoms with Crippen LogP contribution in [0.5, 0.6) is 11.5 Å². The SMILES string of the molecule is COC(=Nc1ccc(-c2ccc(N=C(OC)c3ccccc3)c(OC)c2)cc1C)c1ccccc1.COC(OC)(OC)c1ccccc1.COc1cc(-c2ccc(N)c(C)c2)ccc1N. The van der Waals surface area contributed by atoms with Crippen LogP contribution >= 0.6 is 0 Å². The number of nitrogens with two attached hydrogens (primary N) is 2. The molecule has 11 nitrogen and oxygen atoms in total. The van der Waals surface area contributed by atoms with Crippen LogP contribution in [-0.4, -0.2) is 61.6 Å². The Kier molecular flexibility index (Phi) is 17.8. The maximum Gasteiger partial charge on any atom is 0.311 e. The van der Waals surface area contributed by atoms with Crippen LogP contribution in [0, 0.1) is 13.8 Å². The summed E-state index contributed by atoms with van der Waals surface area (Å²) in [5.41, 5.74) is 23.6. The topological polar surface area (TPSA) is 141 Å². The van der Waals surface area contributed by atoms with Crippen molar-refractivity contribution in [3.05, 3.63) is 192 Å². The molecule has 65 heavy (non-hydrogen) atoms. The van der Waals surface area contributed by atoms with E-state index >= 15 is 0 Å². The van der Waals surface area contributed by atoms with Gasteiger partial charge in [-0.2, -0.15) is 0 Å². The number of rotatable bonds is 12. The minimum atomic E-state index is -1.08. The predicted octanol–water partition coefficient (Wildman–Crippen LogP) is 11.7. The second kappa shape index (κ2) is 23.9. The Labute approximate surface area is 382 Å². The molecule has 0 spiro atoms. The van der Waals surface area contributed by atoms with E-state index < -0.39 is 5.97 Å². The molecule has 7 aromatic rings. The molecular weight excluding hydrogens is 817 g/mol. The van der Waals surface area contributed by atoms with Gasteiger partial charge in [0.2, 0.25) is 11.8 Å². The fourth-order valence-corrected chi connectivity index (χ4v) is 6.74. The molecule has 0 saturated carbocycles. The van der Waals surface area contributed by atoms with Crippen LogP contribution in [0.3, 0.4) is 0 Å². The zero-order valence-electron chi connectivity index (χ0n) is 38.5. The van der Waals surface area contributed by atoms with Crippen LogP contribution in [0.15, 0.2) is 174 Å². The molecule has 0 atom stereocenters. The number of nitrogens with zero attached hydrogens (tertiary/aromatic N) is 2. The van der Waals surface area contributed by atoms with Gasteiger partial charge in [0, 0.05) is 43.7 Å². The number of nitrogen functional groups attached to an aromatic ring is 2. The summed E-state index contributed by atoms with van der Waals surface area (Å²) in [6, 6.07) is 53.0. The van der Waals surface area contributed by atoms with Gasteiger partial charge in [-0.3, -0.25) is 0 Å². The first-order chi connectivity index (χ1) is 31.5. The van der Waals surface area contributed by atoms with Crippen molar-refractivity contribution in [3.8, 4) is 33.8 Å². The van der Waals surface area contributed by atoms with Crippen molar-refractivity contribution >= 4 is 34.5 Å². The van der Waals surface area contributed by atoms with E-state index in [0.29, 0.717) is 34.7 Å². The van der Waals surface area contributed by atoms with Crippen LogP contribution in [0.2, 0.25) is 0 Å². The molecule has 0 aliphatic carbocycles. The Morgan fingerprint density at radius 1 is 0.415 bits per heavy atom. The van der Waals surface area contributed by atoms with Gasteiger partial charge in [-0.1, -0.05) is 91.0 Å². The van der Waals surface area contributed by atoms with Crippen molar-refractivity contribution in [1.82, 2.24) is 0 Å². The molecule has 0 radical (unpaired) electrons. The summed E-state index contributed by atoms with van der Waals surface area (Å²) in [5.74, 6) is 1.39. The number of hydrogen-bond acceptors (Lipinski definition) is 11. The molecule has 11 heteroatoms. The number of aliphatic imine (C=N–C) groups is 2. The van der Waals surface area contributed by atoms with Crippen LogP contribution in [-0.2, 0) is 29.7 Å². The van der Waals surface area contributed by atoms with E-state index in [1.165, 1.54) is 0 Å². The summed E-state index contributed by atoms with van der Waals surface area (Å²) in [6.07, 6.45) is 0. The molecule has 0 aliphatic heterocycles. The van der Waals surface area contributed by atoms with Gasteiger partial charge in [0.1, 0.15) is 17.2 Å². The molecule has 4 N–H and O–H groups in total. The Bertz CT molecular complexity index is 2640. The first-order valence-electron chi connectivity index (χ1n) is 20.7. The highest BCUT2D eigenvalue weighted by molar-refractivity contribution is 5.97. The minimum Gasteiger partial charge on any atom is -0.495 e. The maximum absolute atomic E-state index is 5.80. The van der Waals surface area contributed by atoms with Gasteiger partial charge in [-0.05, 0) is 120 Å². The molecule has 0 heterocycles. The highest BCUT2D eigenvalue weighted by atomic mass is 16.9. The zero-order valence-corrected chi connectivity index (χ0v) is 38.5. The molecular formula is C54H58N4O7. The summed E-state index contributed by atoms with van der Waals surface area (Å²) in [7, 11) is 11.1. The van der Waals surface area contributed by atoms with E-state index in [4.69, 9.17) is 54.6 Å². The van der Waals surface area contributed by atoms with E-state index in [-0.39, 0.29) is 0 Å². The van der Waals surface area contributed by atoms with E-state index in [0.717, 1.165) is 61.4 Å². The van der Waals surface area contributed by atoms with Gasteiger partial charge in [0.05, 0.1) is 39.8 Å². The molecule has 0 fully saturated rings. The Balaban J connectivity index is 0.000000218. The van der Waals surface area contributed by atoms with Crippen LogP contribution in [0.25, 0.3) is 22.3 Å². The number of ether oxygens (including phenoxy) is 7. The molecule has 0 saturated heterocycles. The summed E-state index contributed by atoms with van der Waals surface area (Å²) in [5, 5.41) is 0. The largest absolute Gasteiger partial charge is 0.495 e. The summed E-state index contributed by atoms with van der Waals surface area (Å²) < 4.78 is 37.5. The first-order valence-corrected chi connectivity index (χ1v) is 20.7. The van der Waals surface area contributed by atoms with Crippen molar-refractivity contribution < 1.29 is 33.2 Å². The third-order valence-electron chi connectivity index (χ3n) is 10.4. The minimum absolute atomic E-state index is 0.530. The van der Waals surface area contributed by atoms with E-state index in [1.807, 2.05) is 166 Å². The highest BCUT2D eigenvalue weighted by Crippen LogP contribution is 2.35. The van der Waals surface area contributed by atoms with Gasteiger partial charge >= 0.3 is 5.97 Å². The number of anilines is 2. The molecule has 0 aliphatic rings. The van der Waals surface area contributed by atoms with Gasteiger partial charge in [-0.25, -0.2) is 9.98 Å². The zero-order chi connectivity index (χ0) is 46.8. The van der Waals surface area contributed by atoms with Crippen LogP contribution in [0.4, 0.5) is 22.7 Å². The van der Waals surface area contributed by atoms with E-state index in [9.17, 15) is 0 Å². The summed E-state index contributed by atoms with van der Waals surface area (Å²) in [4.78, 5) is 9.43. The van der Waals surface area contributed by atoms with Crippen molar-refractivity contribution in [1.29, 1.82) is 0 Å². The molecule has 336 valence electrons. The second-order valence-corrected chi connectivity index (χ2v) is 14.4. The maximum atomic E-state index is 5.80. The van der Waals surface area contributed by atoms with Gasteiger partial charge in [0.15, 0.2) is 0 Å². The van der Waals surface area contributed by atoms with Gasteiger partial charge in [-0.15, -0.1) is 0 Å². The number of methoxy groups -OCH3 is 7. The lowest BCUT2D eigenvalue weighted by molar-refractivity contribution is -0.364. The lowest BCUT2D eigenvalue weighted by Gasteiger charge is -2.28. The Morgan fingerprint density at radius 3 is 1.26 bits per heavy atom. The Hall–Kier alpha value is -7.44. The van der Waals surface area contributed by atoms with Crippen LogP contribution in [0.1, 0.15) is 27.8 Å². The van der Waals surface area contributed by atoms with Crippen LogP contribution < -0.4 is 20.9 Å². The fourth-order valence-electron chi connectivity index (χ4n) is 6.74. The van der Waals surface area contributed by atoms with E-state index in [1.54, 1.807) is 49.8 Å². The summed E-state index contributed by atoms with van der Waals surface area (Å²) in [6.45, 7) is 4.04. The molecule has 7 aromatic carbocycles. The lowest BCUT2D eigenvalue weighted by atomic mass is 10.0. The number of hydrogen-bond donors (Lipinski definition) is 2. The average Bonchev–Trinajstić information content (AvgIpc) is 3.36. The molecule has 0 unspecified atom stereocenters. The lowest BCUT2D eigenvalue weighted by Crippen LogP contribution is -2.32. The summed E-state index contributed by atoms with van der Waals surface area (Å²) >= 11 is 0. The average molecular weight is 875 g/mol. The standard InChI is InChI=1S/C30H28N2O3.C14H16N2O.C10H14O3/c1-21-19-24(15-17-26(21)31-29(34-3)22-11-7-5-8-12-22)25-16-18-27(28(20-25)33-2)32-30(35-4)23-13-9-6-10-14-23;1-9-7-10(3-5-12(9)15)11-4-6-13(16)14(8-11)17-2;1-11-10(12-2,13-3)9-7-5-4-6-8-9/h5-20H,1-4H3;3-8H,15-16H2,1-2H3;4-8H,1-3H3. The number of aryl methyl sites for hydroxylation is 2. The second-order valence-electron chi connectivity index (χ2n) is 14.4.